The van der Waals surface area contributed by atoms with Crippen LogP contribution in [0.5, 0.6) is 5.88 Å². The normalized spacial score (nSPS) is 11.1. The van der Waals surface area contributed by atoms with Crippen molar-refractivity contribution in [1.29, 1.82) is 0 Å². The summed E-state index contributed by atoms with van der Waals surface area (Å²) < 4.78 is 31.9. The van der Waals surface area contributed by atoms with E-state index in [0.717, 1.165) is 5.56 Å². The van der Waals surface area contributed by atoms with Crippen LogP contribution in [-0.2, 0) is 36.6 Å². The molecule has 0 N–H and O–H groups in total. The number of carbonyl (C=O) groups is 1. The van der Waals surface area contributed by atoms with Gasteiger partial charge in [-0.3, -0.25) is 4.79 Å². The third kappa shape index (κ3) is 4.89. The minimum Gasteiger partial charge on any atom is -0.358 e. The van der Waals surface area contributed by atoms with E-state index < -0.39 is 15.9 Å². The van der Waals surface area contributed by atoms with Crippen LogP contribution in [0.2, 0.25) is 10.0 Å². The van der Waals surface area contributed by atoms with Crippen LogP contribution in [0.15, 0.2) is 47.4 Å². The van der Waals surface area contributed by atoms with Gasteiger partial charge in [0.25, 0.3) is 0 Å². The Labute approximate surface area is 191 Å². The van der Waals surface area contributed by atoms with Gasteiger partial charge in [0.1, 0.15) is 10.5 Å². The summed E-state index contributed by atoms with van der Waals surface area (Å²) >= 11 is 12.0. The summed E-state index contributed by atoms with van der Waals surface area (Å²) in [6, 6.07) is 10.6. The Bertz CT molecular complexity index is 1180. The first-order valence-corrected chi connectivity index (χ1v) is 10.3. The molecule has 0 radical (unpaired) electrons. The Balaban J connectivity index is 0.00000300. The Morgan fingerprint density at radius 1 is 1.07 bits per heavy atom. The Morgan fingerprint density at radius 3 is 2.28 bits per heavy atom. The Hall–Kier alpha value is -1.73. The summed E-state index contributed by atoms with van der Waals surface area (Å²) in [6.07, 6.45) is 0. The van der Waals surface area contributed by atoms with Crippen LogP contribution in [0.4, 0.5) is 0 Å². The molecule has 0 aliphatic carbocycles. The SMILES string of the molecule is Cc1ccc(S(=O)(=O)Oc2c(C(=O)c3ccc(Cl)cc3Cl)c(C)nn2C)cc1.[Ru]. The molecule has 0 unspecified atom stereocenters. The number of benzene rings is 2. The third-order valence-electron chi connectivity index (χ3n) is 4.07. The van der Waals surface area contributed by atoms with E-state index in [-0.39, 0.29) is 46.4 Å². The van der Waals surface area contributed by atoms with Crippen LogP contribution in [0.3, 0.4) is 0 Å². The monoisotopic (exact) mass is 540 g/mol. The fourth-order valence-corrected chi connectivity index (χ4v) is 4.12. The molecule has 0 aliphatic heterocycles. The summed E-state index contributed by atoms with van der Waals surface area (Å²) in [7, 11) is -2.67. The first-order valence-electron chi connectivity index (χ1n) is 8.14. The topological polar surface area (TPSA) is 78.3 Å². The summed E-state index contributed by atoms with van der Waals surface area (Å²) in [5.41, 5.74) is 1.40. The maximum Gasteiger partial charge on any atom is 0.340 e. The molecule has 1 heterocycles. The van der Waals surface area contributed by atoms with Gasteiger partial charge in [0.15, 0.2) is 0 Å². The average molecular weight is 540 g/mol. The molecular formula is C19H16Cl2N2O4RuS. The molecule has 3 aromatic rings. The minimum atomic E-state index is -4.16. The first-order chi connectivity index (χ1) is 13.1. The van der Waals surface area contributed by atoms with Crippen LogP contribution < -0.4 is 4.18 Å². The maximum absolute atomic E-state index is 13.0. The predicted molar refractivity (Wildman–Crippen MR) is 107 cm³/mol. The number of hydrogen-bond acceptors (Lipinski definition) is 5. The van der Waals surface area contributed by atoms with Crippen molar-refractivity contribution < 1.29 is 36.9 Å². The van der Waals surface area contributed by atoms with Crippen molar-refractivity contribution in [3.05, 3.63) is 74.9 Å². The molecule has 29 heavy (non-hydrogen) atoms. The Kier molecular flexibility index (Phi) is 7.28. The van der Waals surface area contributed by atoms with E-state index >= 15 is 0 Å². The largest absolute Gasteiger partial charge is 0.358 e. The fraction of sp³-hybridized carbons (Fsp3) is 0.158. The molecule has 10 heteroatoms. The number of hydrogen-bond donors (Lipinski definition) is 0. The second-order valence-electron chi connectivity index (χ2n) is 6.19. The van der Waals surface area contributed by atoms with Crippen LogP contribution in [-0.4, -0.2) is 24.0 Å². The summed E-state index contributed by atoms with van der Waals surface area (Å²) in [5, 5.41) is 4.66. The molecule has 0 amide bonds. The number of nitrogens with zero attached hydrogens (tertiary/aromatic N) is 2. The average Bonchev–Trinajstić information content (AvgIpc) is 2.87. The van der Waals surface area contributed by atoms with Gasteiger partial charge < -0.3 is 4.18 Å². The van der Waals surface area contributed by atoms with Crippen molar-refractivity contribution >= 4 is 39.1 Å². The summed E-state index contributed by atoms with van der Waals surface area (Å²) in [5.74, 6) is -0.699. The van der Waals surface area contributed by atoms with Gasteiger partial charge in [0.05, 0.1) is 10.7 Å². The molecule has 0 saturated heterocycles. The molecule has 0 atom stereocenters. The van der Waals surface area contributed by atoms with Gasteiger partial charge >= 0.3 is 10.1 Å². The van der Waals surface area contributed by atoms with Gasteiger partial charge in [-0.25, -0.2) is 4.68 Å². The van der Waals surface area contributed by atoms with E-state index in [4.69, 9.17) is 27.4 Å². The van der Waals surface area contributed by atoms with Crippen molar-refractivity contribution in [3.63, 3.8) is 0 Å². The number of aromatic nitrogens is 2. The molecule has 6 nitrogen and oxygen atoms in total. The third-order valence-corrected chi connectivity index (χ3v) is 5.85. The summed E-state index contributed by atoms with van der Waals surface area (Å²) in [4.78, 5) is 13.0. The van der Waals surface area contributed by atoms with Gasteiger partial charge in [0.2, 0.25) is 11.7 Å². The number of rotatable bonds is 5. The molecule has 0 saturated carbocycles. The molecular weight excluding hydrogens is 524 g/mol. The molecule has 0 fully saturated rings. The second-order valence-corrected chi connectivity index (χ2v) is 8.58. The summed E-state index contributed by atoms with van der Waals surface area (Å²) in [6.45, 7) is 3.43. The van der Waals surface area contributed by atoms with Gasteiger partial charge in [0, 0.05) is 37.1 Å². The van der Waals surface area contributed by atoms with Crippen LogP contribution >= 0.6 is 23.2 Å². The van der Waals surface area contributed by atoms with Crippen LogP contribution in [0.1, 0.15) is 27.2 Å². The standard InChI is InChI=1S/C19H16Cl2N2O4S.Ru/c1-11-4-7-14(8-5-11)28(25,26)27-19-17(12(2)22-23(19)3)18(24)15-9-6-13(20)10-16(15)21;/h4-10H,1-3H3;. The van der Waals surface area contributed by atoms with Crippen molar-refractivity contribution in [2.24, 2.45) is 7.05 Å². The van der Waals surface area contributed by atoms with Gasteiger partial charge in [-0.05, 0) is 44.2 Å². The van der Waals surface area contributed by atoms with Crippen molar-refractivity contribution in [2.45, 2.75) is 18.7 Å². The molecule has 154 valence electrons. The fourth-order valence-electron chi connectivity index (χ4n) is 2.66. The number of carbonyl (C=O) groups excluding carboxylic acids is 1. The number of ketones is 1. The van der Waals surface area contributed by atoms with E-state index in [1.165, 1.54) is 42.1 Å². The van der Waals surface area contributed by atoms with Gasteiger partial charge in [-0.2, -0.15) is 13.5 Å². The smallest absolute Gasteiger partial charge is 0.340 e. The zero-order valence-corrected chi connectivity index (χ0v) is 19.7. The maximum atomic E-state index is 13.0. The number of halogens is 2. The minimum absolute atomic E-state index is 0. The van der Waals surface area contributed by atoms with Crippen molar-refractivity contribution in [3.8, 4) is 5.88 Å². The Morgan fingerprint density at radius 2 is 1.69 bits per heavy atom. The zero-order valence-electron chi connectivity index (χ0n) is 15.6. The van der Waals surface area contributed by atoms with E-state index in [9.17, 15) is 13.2 Å². The van der Waals surface area contributed by atoms with Gasteiger partial charge in [-0.1, -0.05) is 40.9 Å². The van der Waals surface area contributed by atoms with E-state index in [0.29, 0.717) is 10.7 Å². The zero-order chi connectivity index (χ0) is 20.6. The molecule has 2 aromatic carbocycles. The van der Waals surface area contributed by atoms with E-state index in [2.05, 4.69) is 5.10 Å². The van der Waals surface area contributed by atoms with Gasteiger partial charge in [-0.15, -0.1) is 0 Å². The van der Waals surface area contributed by atoms with Crippen molar-refractivity contribution in [1.82, 2.24) is 9.78 Å². The van der Waals surface area contributed by atoms with Crippen LogP contribution in [0, 0.1) is 13.8 Å². The van der Waals surface area contributed by atoms with Crippen LogP contribution in [0.25, 0.3) is 0 Å². The van der Waals surface area contributed by atoms with Crippen molar-refractivity contribution in [2.75, 3.05) is 0 Å². The van der Waals surface area contributed by atoms with E-state index in [1.807, 2.05) is 6.92 Å². The quantitative estimate of drug-likeness (QED) is 0.274. The molecule has 3 rings (SSSR count). The molecule has 0 bridgehead atoms. The second kappa shape index (κ2) is 8.96. The molecule has 1 aromatic heterocycles. The van der Waals surface area contributed by atoms with E-state index in [1.54, 1.807) is 19.1 Å². The molecule has 0 spiro atoms. The predicted octanol–water partition coefficient (Wildman–Crippen LogP) is 4.34. The number of aryl methyl sites for hydroxylation is 3. The molecule has 0 aliphatic rings. The first kappa shape index (κ1) is 23.6.